The van der Waals surface area contributed by atoms with Crippen LogP contribution in [0.3, 0.4) is 0 Å². The molecule has 0 aliphatic heterocycles. The maximum absolute atomic E-state index is 10.9. The van der Waals surface area contributed by atoms with Crippen LogP contribution in [0.4, 0.5) is 0 Å². The summed E-state index contributed by atoms with van der Waals surface area (Å²) < 4.78 is 0. The number of aromatic nitrogens is 2. The predicted molar refractivity (Wildman–Crippen MR) is 50.0 cm³/mol. The van der Waals surface area contributed by atoms with Gasteiger partial charge in [-0.05, 0) is 12.3 Å². The van der Waals surface area contributed by atoms with Crippen LogP contribution in [0.2, 0.25) is 0 Å². The molecule has 0 aliphatic rings. The van der Waals surface area contributed by atoms with Gasteiger partial charge >= 0.3 is 17.1 Å². The second kappa shape index (κ2) is 6.99. The zero-order chi connectivity index (χ0) is 11.3. The summed E-state index contributed by atoms with van der Waals surface area (Å²) in [6, 6.07) is -0.905. The van der Waals surface area contributed by atoms with E-state index in [-0.39, 0.29) is 30.0 Å². The quantitative estimate of drug-likeness (QED) is 0.307. The molecule has 1 unspecified atom stereocenters. The van der Waals surface area contributed by atoms with Gasteiger partial charge < -0.3 is 31.5 Å². The standard InChI is InChI=1S/C8H13N5O2.Cu/c9-2-7(14)13-6(8(10)15)1-5-3-11-4-12-5;/h3-4,6H,1-2,9H2,(H4,10,11,12,13,14,15);/q;+2/p-2. The van der Waals surface area contributed by atoms with E-state index < -0.39 is 17.8 Å². The molecule has 0 fully saturated rings. The average Bonchev–Trinajstić information content (AvgIpc) is 2.69. The van der Waals surface area contributed by atoms with Crippen molar-refractivity contribution in [2.75, 3.05) is 6.54 Å². The number of carbonyl (C=O) groups is 1. The fourth-order valence-electron chi connectivity index (χ4n) is 1.04. The van der Waals surface area contributed by atoms with Crippen molar-refractivity contribution in [3.05, 3.63) is 18.2 Å². The number of nitrogens with two attached hydrogens (primary N) is 1. The molecule has 1 atom stereocenters. The van der Waals surface area contributed by atoms with Crippen molar-refractivity contribution in [3.8, 4) is 0 Å². The third-order valence-corrected chi connectivity index (χ3v) is 1.76. The second-order valence-electron chi connectivity index (χ2n) is 2.91. The van der Waals surface area contributed by atoms with Crippen LogP contribution in [-0.4, -0.2) is 29.4 Å². The summed E-state index contributed by atoms with van der Waals surface area (Å²) in [5.74, 6) is -1.35. The molecule has 4 N–H and O–H groups in total. The number of imidazole rings is 1. The van der Waals surface area contributed by atoms with E-state index >= 15 is 0 Å². The van der Waals surface area contributed by atoms with Crippen LogP contribution in [0.25, 0.3) is 0 Å². The predicted octanol–water partition coefficient (Wildman–Crippen LogP) is -2.64. The molecular weight excluding hydrogens is 262 g/mol. The van der Waals surface area contributed by atoms with E-state index in [2.05, 4.69) is 15.3 Å². The summed E-state index contributed by atoms with van der Waals surface area (Å²) in [7, 11) is 0. The van der Waals surface area contributed by atoms with E-state index in [4.69, 9.17) is 11.1 Å². The molecule has 0 aliphatic carbocycles. The van der Waals surface area contributed by atoms with Gasteiger partial charge in [0, 0.05) is 0 Å². The Labute approximate surface area is 103 Å². The van der Waals surface area contributed by atoms with Crippen LogP contribution >= 0.6 is 0 Å². The molecule has 1 rings (SSSR count). The van der Waals surface area contributed by atoms with Gasteiger partial charge in [-0.15, -0.1) is 0 Å². The Morgan fingerprint density at radius 3 is 2.88 bits per heavy atom. The first-order valence-electron chi connectivity index (χ1n) is 4.30. The first-order chi connectivity index (χ1) is 7.13. The van der Waals surface area contributed by atoms with Crippen molar-refractivity contribution < 1.29 is 27.0 Å². The van der Waals surface area contributed by atoms with Crippen molar-refractivity contribution in [1.29, 1.82) is 5.41 Å². The van der Waals surface area contributed by atoms with Gasteiger partial charge in [-0.3, -0.25) is 4.79 Å². The monoisotopic (exact) mass is 272 g/mol. The van der Waals surface area contributed by atoms with Crippen molar-refractivity contribution in [3.63, 3.8) is 0 Å². The van der Waals surface area contributed by atoms with Crippen LogP contribution in [0.15, 0.2) is 12.5 Å². The number of nitrogens with zero attached hydrogens (tertiary/aromatic N) is 2. The molecule has 0 aromatic carbocycles. The molecule has 0 saturated carbocycles. The fraction of sp³-hybridized carbons (Fsp3) is 0.375. The van der Waals surface area contributed by atoms with Gasteiger partial charge in [0.15, 0.2) is 0 Å². The Morgan fingerprint density at radius 1 is 1.75 bits per heavy atom. The Hall–Kier alpha value is -1.37. The number of amides is 1. The molecule has 1 radical (unpaired) electrons. The molecule has 1 amide bonds. The minimum absolute atomic E-state index is 0. The third-order valence-electron chi connectivity index (χ3n) is 1.76. The fourth-order valence-corrected chi connectivity index (χ4v) is 1.04. The molecule has 7 nitrogen and oxygen atoms in total. The Morgan fingerprint density at radius 2 is 2.44 bits per heavy atom. The van der Waals surface area contributed by atoms with Gasteiger partial charge in [0.05, 0.1) is 12.6 Å². The van der Waals surface area contributed by atoms with Gasteiger partial charge in [-0.25, -0.2) is 0 Å². The van der Waals surface area contributed by atoms with Crippen molar-refractivity contribution in [2.45, 2.75) is 12.5 Å². The third kappa shape index (κ3) is 4.43. The van der Waals surface area contributed by atoms with Gasteiger partial charge in [-0.2, -0.15) is 0 Å². The maximum atomic E-state index is 10.9. The summed E-state index contributed by atoms with van der Waals surface area (Å²) in [6.45, 7) is -0.212. The number of carbonyl (C=O) groups excluding carboxylic acids is 1. The molecule has 0 saturated heterocycles. The molecule has 1 heterocycles. The first kappa shape index (κ1) is 14.6. The Kier molecular flexibility index (Phi) is 6.40. The SMILES string of the molecule is N=C([O-])C(Cc1c[n-]cn1)NC(=O)CN.[Cu+2]. The molecule has 8 heteroatoms. The van der Waals surface area contributed by atoms with Crippen molar-refractivity contribution in [1.82, 2.24) is 15.3 Å². The topological polar surface area (TPSA) is 129 Å². The van der Waals surface area contributed by atoms with E-state index in [1.54, 1.807) is 0 Å². The van der Waals surface area contributed by atoms with E-state index in [9.17, 15) is 9.90 Å². The first-order valence-corrected chi connectivity index (χ1v) is 4.30. The minimum Gasteiger partial charge on any atom is -0.861 e. The maximum Gasteiger partial charge on any atom is 2.00 e. The largest absolute Gasteiger partial charge is 2.00 e. The molecule has 16 heavy (non-hydrogen) atoms. The average molecular weight is 273 g/mol. The smallest absolute Gasteiger partial charge is 0.861 e. The summed E-state index contributed by atoms with van der Waals surface area (Å²) in [5, 5.41) is 20.2. The van der Waals surface area contributed by atoms with Crippen molar-refractivity contribution in [2.24, 2.45) is 5.73 Å². The molecule has 1 aromatic rings. The van der Waals surface area contributed by atoms with Gasteiger partial charge in [-0.1, -0.05) is 18.2 Å². The normalized spacial score (nSPS) is 11.3. The van der Waals surface area contributed by atoms with Gasteiger partial charge in [0.1, 0.15) is 0 Å². The molecule has 1 aromatic heterocycles. The van der Waals surface area contributed by atoms with Crippen molar-refractivity contribution >= 4 is 11.8 Å². The van der Waals surface area contributed by atoms with E-state index in [0.29, 0.717) is 5.69 Å². The molecular formula is C8H11CuN5O2. The van der Waals surface area contributed by atoms with Gasteiger partial charge in [0.25, 0.3) is 0 Å². The van der Waals surface area contributed by atoms with E-state index in [1.165, 1.54) is 12.5 Å². The van der Waals surface area contributed by atoms with Crippen LogP contribution in [0.1, 0.15) is 5.69 Å². The minimum atomic E-state index is -0.905. The summed E-state index contributed by atoms with van der Waals surface area (Å²) >= 11 is 0. The molecule has 91 valence electrons. The molecule has 0 bridgehead atoms. The van der Waals surface area contributed by atoms with Crippen LogP contribution in [0, 0.1) is 5.41 Å². The molecule has 0 spiro atoms. The van der Waals surface area contributed by atoms with Crippen LogP contribution in [0.5, 0.6) is 0 Å². The van der Waals surface area contributed by atoms with E-state index in [1.807, 2.05) is 0 Å². The zero-order valence-corrected chi connectivity index (χ0v) is 9.18. The summed E-state index contributed by atoms with van der Waals surface area (Å²) in [5.41, 5.74) is 5.63. The van der Waals surface area contributed by atoms with Crippen LogP contribution < -0.4 is 21.1 Å². The second-order valence-corrected chi connectivity index (χ2v) is 2.91. The zero-order valence-electron chi connectivity index (χ0n) is 8.24. The van der Waals surface area contributed by atoms with Gasteiger partial charge in [0.2, 0.25) is 5.91 Å². The summed E-state index contributed by atoms with van der Waals surface area (Å²) in [4.78, 5) is 18.5. The number of nitrogens with one attached hydrogen (secondary N) is 2. The summed E-state index contributed by atoms with van der Waals surface area (Å²) in [6.07, 6.45) is 2.98. The Balaban J connectivity index is 0.00000225. The number of hydrogen-bond acceptors (Lipinski definition) is 5. The number of hydrogen-bond donors (Lipinski definition) is 3. The Bertz CT molecular complexity index is 340. The van der Waals surface area contributed by atoms with E-state index in [0.717, 1.165) is 0 Å². The van der Waals surface area contributed by atoms with Crippen LogP contribution in [-0.2, 0) is 28.3 Å². The number of rotatable bonds is 5.